The summed E-state index contributed by atoms with van der Waals surface area (Å²) in [5.74, 6) is 1.17. The van der Waals surface area contributed by atoms with Gasteiger partial charge in [-0.05, 0) is 37.1 Å². The molecule has 0 bridgehead atoms. The molecule has 0 atom stereocenters. The molecular weight excluding hydrogens is 300 g/mol. The Kier molecular flexibility index (Phi) is 5.80. The van der Waals surface area contributed by atoms with Crippen LogP contribution in [0.15, 0.2) is 23.6 Å². The molecule has 1 heterocycles. The lowest BCUT2D eigenvalue weighted by Gasteiger charge is -2.20. The molecule has 1 aromatic carbocycles. The highest BCUT2D eigenvalue weighted by atomic mass is 35.5. The summed E-state index contributed by atoms with van der Waals surface area (Å²) in [5.41, 5.74) is 4.85. The van der Waals surface area contributed by atoms with Crippen molar-refractivity contribution in [3.8, 4) is 10.6 Å². The Morgan fingerprint density at radius 3 is 2.67 bits per heavy atom. The molecule has 21 heavy (non-hydrogen) atoms. The highest BCUT2D eigenvalue weighted by Crippen LogP contribution is 2.26. The van der Waals surface area contributed by atoms with E-state index in [-0.39, 0.29) is 0 Å². The van der Waals surface area contributed by atoms with Gasteiger partial charge in [-0.15, -0.1) is 22.9 Å². The molecule has 4 heteroatoms. The molecule has 0 amide bonds. The summed E-state index contributed by atoms with van der Waals surface area (Å²) in [4.78, 5) is 6.92. The van der Waals surface area contributed by atoms with Crippen molar-refractivity contribution in [2.75, 3.05) is 13.6 Å². The average Bonchev–Trinajstić information content (AvgIpc) is 2.89. The standard InChI is InChI=1S/C17H23ClN2S/c1-12(2)9-20(4)10-15-6-5-14(7-13(15)3)17-19-16(8-18)11-21-17/h5-7,11-12H,8-10H2,1-4H3. The Labute approximate surface area is 136 Å². The molecule has 0 N–H and O–H groups in total. The summed E-state index contributed by atoms with van der Waals surface area (Å²) in [6.45, 7) is 8.80. The quantitative estimate of drug-likeness (QED) is 0.700. The van der Waals surface area contributed by atoms with Gasteiger partial charge in [-0.1, -0.05) is 26.0 Å². The van der Waals surface area contributed by atoms with Crippen molar-refractivity contribution in [3.05, 3.63) is 40.4 Å². The van der Waals surface area contributed by atoms with E-state index >= 15 is 0 Å². The molecule has 0 aliphatic rings. The van der Waals surface area contributed by atoms with Crippen molar-refractivity contribution in [2.45, 2.75) is 33.2 Å². The van der Waals surface area contributed by atoms with Crippen LogP contribution in [-0.4, -0.2) is 23.5 Å². The van der Waals surface area contributed by atoms with Crippen molar-refractivity contribution in [1.82, 2.24) is 9.88 Å². The zero-order valence-corrected chi connectivity index (χ0v) is 14.8. The molecular formula is C17H23ClN2S. The summed E-state index contributed by atoms with van der Waals surface area (Å²) in [6.07, 6.45) is 0. The molecule has 0 saturated heterocycles. The van der Waals surface area contributed by atoms with Crippen LogP contribution in [-0.2, 0) is 12.4 Å². The highest BCUT2D eigenvalue weighted by molar-refractivity contribution is 7.13. The molecule has 0 fully saturated rings. The van der Waals surface area contributed by atoms with E-state index in [1.54, 1.807) is 11.3 Å². The first-order chi connectivity index (χ1) is 9.99. The van der Waals surface area contributed by atoms with Gasteiger partial charge in [0.1, 0.15) is 5.01 Å². The lowest BCUT2D eigenvalue weighted by atomic mass is 10.0. The Morgan fingerprint density at radius 2 is 2.10 bits per heavy atom. The van der Waals surface area contributed by atoms with Crippen LogP contribution in [0.3, 0.4) is 0 Å². The lowest BCUT2D eigenvalue weighted by molar-refractivity contribution is 0.288. The van der Waals surface area contributed by atoms with E-state index in [2.05, 4.69) is 55.9 Å². The SMILES string of the molecule is Cc1cc(-c2nc(CCl)cs2)ccc1CN(C)CC(C)C. The number of hydrogen-bond acceptors (Lipinski definition) is 3. The number of nitrogens with zero attached hydrogens (tertiary/aromatic N) is 2. The van der Waals surface area contributed by atoms with Crippen molar-refractivity contribution in [1.29, 1.82) is 0 Å². The highest BCUT2D eigenvalue weighted by Gasteiger charge is 2.09. The topological polar surface area (TPSA) is 16.1 Å². The van der Waals surface area contributed by atoms with Crippen molar-refractivity contribution in [3.63, 3.8) is 0 Å². The van der Waals surface area contributed by atoms with E-state index in [0.717, 1.165) is 23.8 Å². The number of aryl methyl sites for hydroxylation is 1. The van der Waals surface area contributed by atoms with E-state index in [9.17, 15) is 0 Å². The molecule has 2 rings (SSSR count). The molecule has 0 radical (unpaired) electrons. The number of hydrogen-bond donors (Lipinski definition) is 0. The number of rotatable bonds is 6. The maximum absolute atomic E-state index is 5.82. The molecule has 0 aliphatic heterocycles. The summed E-state index contributed by atoms with van der Waals surface area (Å²) < 4.78 is 0. The third-order valence-corrected chi connectivity index (χ3v) is 4.61. The molecule has 114 valence electrons. The van der Waals surface area contributed by atoms with Crippen LogP contribution in [0, 0.1) is 12.8 Å². The van der Waals surface area contributed by atoms with Crippen LogP contribution >= 0.6 is 22.9 Å². The zero-order valence-electron chi connectivity index (χ0n) is 13.2. The van der Waals surface area contributed by atoms with E-state index in [1.807, 2.05) is 5.38 Å². The van der Waals surface area contributed by atoms with Gasteiger partial charge in [-0.2, -0.15) is 0 Å². The number of alkyl halides is 1. The van der Waals surface area contributed by atoms with Gasteiger partial charge in [0.15, 0.2) is 0 Å². The fourth-order valence-electron chi connectivity index (χ4n) is 2.49. The van der Waals surface area contributed by atoms with Crippen LogP contribution in [0.2, 0.25) is 0 Å². The van der Waals surface area contributed by atoms with Crippen LogP contribution in [0.4, 0.5) is 0 Å². The lowest BCUT2D eigenvalue weighted by Crippen LogP contribution is -2.23. The normalized spacial score (nSPS) is 11.6. The molecule has 2 aromatic rings. The third-order valence-electron chi connectivity index (χ3n) is 3.40. The first-order valence-corrected chi connectivity index (χ1v) is 8.69. The molecule has 0 saturated carbocycles. The average molecular weight is 323 g/mol. The minimum atomic E-state index is 0.480. The first-order valence-electron chi connectivity index (χ1n) is 7.28. The molecule has 0 unspecified atom stereocenters. The second-order valence-corrected chi connectivity index (χ2v) is 7.13. The van der Waals surface area contributed by atoms with E-state index in [1.165, 1.54) is 16.7 Å². The largest absolute Gasteiger partial charge is 0.302 e. The summed E-state index contributed by atoms with van der Waals surface area (Å²) >= 11 is 7.48. The van der Waals surface area contributed by atoms with Gasteiger partial charge < -0.3 is 4.90 Å². The Hall–Kier alpha value is -0.900. The Morgan fingerprint density at radius 1 is 1.33 bits per heavy atom. The number of benzene rings is 1. The van der Waals surface area contributed by atoms with Gasteiger partial charge in [-0.25, -0.2) is 4.98 Å². The van der Waals surface area contributed by atoms with E-state index < -0.39 is 0 Å². The number of aromatic nitrogens is 1. The third kappa shape index (κ3) is 4.53. The minimum Gasteiger partial charge on any atom is -0.302 e. The first kappa shape index (κ1) is 16.5. The second kappa shape index (κ2) is 7.39. The second-order valence-electron chi connectivity index (χ2n) is 6.01. The van der Waals surface area contributed by atoms with Crippen LogP contribution in [0.1, 0.15) is 30.7 Å². The predicted octanol–water partition coefficient (Wildman–Crippen LogP) is 4.95. The van der Waals surface area contributed by atoms with Crippen molar-refractivity contribution >= 4 is 22.9 Å². The number of halogens is 1. The Balaban J connectivity index is 2.13. The molecule has 2 nitrogen and oxygen atoms in total. The van der Waals surface area contributed by atoms with Crippen LogP contribution in [0.5, 0.6) is 0 Å². The van der Waals surface area contributed by atoms with E-state index in [0.29, 0.717) is 11.8 Å². The molecule has 0 spiro atoms. The summed E-state index contributed by atoms with van der Waals surface area (Å²) in [6, 6.07) is 6.63. The van der Waals surface area contributed by atoms with Gasteiger partial charge in [0.2, 0.25) is 0 Å². The Bertz CT molecular complexity index is 592. The smallest absolute Gasteiger partial charge is 0.123 e. The van der Waals surface area contributed by atoms with E-state index in [4.69, 9.17) is 11.6 Å². The van der Waals surface area contributed by atoms with Gasteiger partial charge in [-0.3, -0.25) is 0 Å². The maximum Gasteiger partial charge on any atom is 0.123 e. The van der Waals surface area contributed by atoms with Gasteiger partial charge in [0.25, 0.3) is 0 Å². The van der Waals surface area contributed by atoms with Gasteiger partial charge in [0, 0.05) is 24.0 Å². The van der Waals surface area contributed by atoms with Crippen molar-refractivity contribution in [2.24, 2.45) is 5.92 Å². The minimum absolute atomic E-state index is 0.480. The fourth-order valence-corrected chi connectivity index (χ4v) is 3.53. The van der Waals surface area contributed by atoms with Crippen LogP contribution in [0.25, 0.3) is 10.6 Å². The predicted molar refractivity (Wildman–Crippen MR) is 93.0 cm³/mol. The van der Waals surface area contributed by atoms with Crippen molar-refractivity contribution < 1.29 is 0 Å². The fraction of sp³-hybridized carbons (Fsp3) is 0.471. The molecule has 0 aliphatic carbocycles. The zero-order chi connectivity index (χ0) is 15.4. The number of thiazole rings is 1. The monoisotopic (exact) mass is 322 g/mol. The van der Waals surface area contributed by atoms with Gasteiger partial charge in [0.05, 0.1) is 11.6 Å². The maximum atomic E-state index is 5.82. The summed E-state index contributed by atoms with van der Waals surface area (Å²) in [5, 5.41) is 3.08. The summed E-state index contributed by atoms with van der Waals surface area (Å²) in [7, 11) is 2.18. The van der Waals surface area contributed by atoms with Gasteiger partial charge >= 0.3 is 0 Å². The van der Waals surface area contributed by atoms with Crippen LogP contribution < -0.4 is 0 Å². The molecule has 1 aromatic heterocycles.